The summed E-state index contributed by atoms with van der Waals surface area (Å²) in [5, 5.41) is 6.40. The molecule has 3 fully saturated rings. The van der Waals surface area contributed by atoms with Gasteiger partial charge in [0.05, 0.1) is 0 Å². The minimum atomic E-state index is 0. The summed E-state index contributed by atoms with van der Waals surface area (Å²) in [7, 11) is 3.61. The van der Waals surface area contributed by atoms with Crippen LogP contribution < -0.4 is 10.6 Å². The first-order valence-electron chi connectivity index (χ1n) is 9.33. The predicted molar refractivity (Wildman–Crippen MR) is 109 cm³/mol. The summed E-state index contributed by atoms with van der Waals surface area (Å²) in [5.41, 5.74) is 0.577. The second kappa shape index (κ2) is 8.72. The average Bonchev–Trinajstić information content (AvgIpc) is 3.36. The standard InChI is InChI=1S/C18H32N4O.HI/c1-19-16(23)12-14-6-10-22(11-7-14)17(20-2)21-13-18(8-3-9-18)15-4-5-15;/h14-15H,3-13H2,1-2H3,(H,19,23)(H,20,21);1H. The number of likely N-dealkylation sites (tertiary alicyclic amines) is 1. The van der Waals surface area contributed by atoms with Gasteiger partial charge in [0.15, 0.2) is 5.96 Å². The van der Waals surface area contributed by atoms with Crippen molar-refractivity contribution in [2.75, 3.05) is 33.7 Å². The van der Waals surface area contributed by atoms with E-state index in [4.69, 9.17) is 0 Å². The molecule has 0 atom stereocenters. The fourth-order valence-electron chi connectivity index (χ4n) is 4.36. The molecule has 0 radical (unpaired) electrons. The topological polar surface area (TPSA) is 56.7 Å². The summed E-state index contributed by atoms with van der Waals surface area (Å²) < 4.78 is 0. The maximum absolute atomic E-state index is 11.5. The van der Waals surface area contributed by atoms with Crippen molar-refractivity contribution in [2.24, 2.45) is 22.2 Å². The zero-order chi connectivity index (χ0) is 16.3. The zero-order valence-corrected chi connectivity index (χ0v) is 17.5. The van der Waals surface area contributed by atoms with Crippen LogP contribution in [0, 0.1) is 17.3 Å². The van der Waals surface area contributed by atoms with Crippen LogP contribution in [0.15, 0.2) is 4.99 Å². The lowest BCUT2D eigenvalue weighted by Gasteiger charge is -2.44. The van der Waals surface area contributed by atoms with Gasteiger partial charge in [0.1, 0.15) is 0 Å². The van der Waals surface area contributed by atoms with Crippen molar-refractivity contribution < 1.29 is 4.79 Å². The fourth-order valence-corrected chi connectivity index (χ4v) is 4.36. The van der Waals surface area contributed by atoms with Gasteiger partial charge in [-0.05, 0) is 55.8 Å². The van der Waals surface area contributed by atoms with Crippen molar-refractivity contribution in [1.29, 1.82) is 0 Å². The van der Waals surface area contributed by atoms with Crippen molar-refractivity contribution in [3.8, 4) is 0 Å². The van der Waals surface area contributed by atoms with Gasteiger partial charge in [-0.3, -0.25) is 9.79 Å². The second-order valence-electron chi connectivity index (χ2n) is 7.70. The number of hydrogen-bond acceptors (Lipinski definition) is 2. The molecule has 138 valence electrons. The Bertz CT molecular complexity index is 452. The number of amides is 1. The molecule has 1 heterocycles. The first-order valence-corrected chi connectivity index (χ1v) is 9.33. The maximum atomic E-state index is 11.5. The highest BCUT2D eigenvalue weighted by molar-refractivity contribution is 14.0. The Morgan fingerprint density at radius 2 is 1.88 bits per heavy atom. The van der Waals surface area contributed by atoms with Crippen LogP contribution in [0.1, 0.15) is 51.4 Å². The molecule has 1 amide bonds. The number of rotatable bonds is 5. The SMILES string of the molecule is CN=C(NCC1(C2CC2)CCC1)N1CCC(CC(=O)NC)CC1.I. The van der Waals surface area contributed by atoms with Gasteiger partial charge >= 0.3 is 0 Å². The predicted octanol–water partition coefficient (Wildman–Crippen LogP) is 2.61. The first kappa shape index (κ1) is 19.8. The third-order valence-corrected chi connectivity index (χ3v) is 6.27. The summed E-state index contributed by atoms with van der Waals surface area (Å²) in [6, 6.07) is 0. The Labute approximate surface area is 163 Å². The zero-order valence-electron chi connectivity index (χ0n) is 15.1. The summed E-state index contributed by atoms with van der Waals surface area (Å²) in [4.78, 5) is 18.4. The molecule has 2 aliphatic carbocycles. The third-order valence-electron chi connectivity index (χ3n) is 6.27. The number of carbonyl (C=O) groups is 1. The molecule has 3 rings (SSSR count). The highest BCUT2D eigenvalue weighted by Gasteiger charge is 2.48. The maximum Gasteiger partial charge on any atom is 0.220 e. The highest BCUT2D eigenvalue weighted by atomic mass is 127. The van der Waals surface area contributed by atoms with Crippen LogP contribution >= 0.6 is 24.0 Å². The lowest BCUT2D eigenvalue weighted by molar-refractivity contribution is -0.121. The van der Waals surface area contributed by atoms with Gasteiger partial charge in [0, 0.05) is 40.2 Å². The number of nitrogens with one attached hydrogen (secondary N) is 2. The van der Waals surface area contributed by atoms with Crippen LogP contribution in [0.2, 0.25) is 0 Å². The molecule has 0 unspecified atom stereocenters. The molecule has 0 aromatic rings. The van der Waals surface area contributed by atoms with Crippen molar-refractivity contribution >= 4 is 35.8 Å². The second-order valence-corrected chi connectivity index (χ2v) is 7.70. The molecule has 5 nitrogen and oxygen atoms in total. The van der Waals surface area contributed by atoms with Crippen molar-refractivity contribution in [3.63, 3.8) is 0 Å². The number of piperidine rings is 1. The number of carbonyl (C=O) groups excluding carboxylic acids is 1. The van der Waals surface area contributed by atoms with E-state index in [0.717, 1.165) is 44.4 Å². The number of nitrogens with zero attached hydrogens (tertiary/aromatic N) is 2. The van der Waals surface area contributed by atoms with E-state index >= 15 is 0 Å². The Balaban J connectivity index is 0.00000208. The van der Waals surface area contributed by atoms with E-state index in [-0.39, 0.29) is 29.9 Å². The monoisotopic (exact) mass is 448 g/mol. The molecule has 0 bridgehead atoms. The normalized spacial score (nSPS) is 23.9. The van der Waals surface area contributed by atoms with Gasteiger partial charge in [0.25, 0.3) is 0 Å². The Hall–Kier alpha value is -0.530. The first-order chi connectivity index (χ1) is 11.2. The molecular weight excluding hydrogens is 415 g/mol. The summed E-state index contributed by atoms with van der Waals surface area (Å²) >= 11 is 0. The number of halogens is 1. The van der Waals surface area contributed by atoms with Crippen molar-refractivity contribution in [3.05, 3.63) is 0 Å². The molecule has 3 aliphatic rings. The molecule has 0 aromatic carbocycles. The fraction of sp³-hybridized carbons (Fsp3) is 0.889. The number of guanidine groups is 1. The van der Waals surface area contributed by atoms with Crippen LogP contribution in [-0.4, -0.2) is 50.5 Å². The van der Waals surface area contributed by atoms with Crippen molar-refractivity contribution in [2.45, 2.75) is 51.4 Å². The number of aliphatic imine (C=N–C) groups is 1. The van der Waals surface area contributed by atoms with Crippen molar-refractivity contribution in [1.82, 2.24) is 15.5 Å². The molecule has 24 heavy (non-hydrogen) atoms. The molecule has 2 N–H and O–H groups in total. The van der Waals surface area contributed by atoms with Gasteiger partial charge < -0.3 is 15.5 Å². The van der Waals surface area contributed by atoms with Crippen LogP contribution in [0.3, 0.4) is 0 Å². The lowest BCUT2D eigenvalue weighted by Crippen LogP contribution is -2.50. The third kappa shape index (κ3) is 4.55. The van der Waals surface area contributed by atoms with E-state index in [1.54, 1.807) is 7.05 Å². The van der Waals surface area contributed by atoms with Crippen LogP contribution in [0.5, 0.6) is 0 Å². The minimum Gasteiger partial charge on any atom is -0.359 e. The Kier molecular flexibility index (Phi) is 7.19. The molecule has 0 aromatic heterocycles. The number of hydrogen-bond donors (Lipinski definition) is 2. The van der Waals surface area contributed by atoms with Gasteiger partial charge in [-0.25, -0.2) is 0 Å². The molecular formula is C18H33IN4O. The minimum absolute atomic E-state index is 0. The smallest absolute Gasteiger partial charge is 0.220 e. The highest BCUT2D eigenvalue weighted by Crippen LogP contribution is 2.56. The van der Waals surface area contributed by atoms with Gasteiger partial charge in [-0.15, -0.1) is 24.0 Å². The summed E-state index contributed by atoms with van der Waals surface area (Å²) in [6.07, 6.45) is 9.91. The Morgan fingerprint density at radius 1 is 1.21 bits per heavy atom. The van der Waals surface area contributed by atoms with E-state index in [1.807, 2.05) is 7.05 Å². The van der Waals surface area contributed by atoms with E-state index in [0.29, 0.717) is 17.8 Å². The lowest BCUT2D eigenvalue weighted by atomic mass is 9.65. The van der Waals surface area contributed by atoms with Gasteiger partial charge in [0.2, 0.25) is 5.91 Å². The molecule has 1 aliphatic heterocycles. The van der Waals surface area contributed by atoms with E-state index in [1.165, 1.54) is 32.1 Å². The average molecular weight is 448 g/mol. The van der Waals surface area contributed by atoms with Crippen LogP contribution in [0.4, 0.5) is 0 Å². The van der Waals surface area contributed by atoms with Crippen LogP contribution in [0.25, 0.3) is 0 Å². The van der Waals surface area contributed by atoms with E-state index < -0.39 is 0 Å². The van der Waals surface area contributed by atoms with Gasteiger partial charge in [-0.1, -0.05) is 6.42 Å². The largest absolute Gasteiger partial charge is 0.359 e. The summed E-state index contributed by atoms with van der Waals surface area (Å²) in [5.74, 6) is 2.73. The molecule has 1 saturated heterocycles. The molecule has 6 heteroatoms. The summed E-state index contributed by atoms with van der Waals surface area (Å²) in [6.45, 7) is 3.12. The Morgan fingerprint density at radius 3 is 2.33 bits per heavy atom. The van der Waals surface area contributed by atoms with E-state index in [9.17, 15) is 4.79 Å². The quantitative estimate of drug-likeness (QED) is 0.386. The van der Waals surface area contributed by atoms with Gasteiger partial charge in [-0.2, -0.15) is 0 Å². The molecule has 2 saturated carbocycles. The van der Waals surface area contributed by atoms with E-state index in [2.05, 4.69) is 20.5 Å². The van der Waals surface area contributed by atoms with Crippen LogP contribution in [-0.2, 0) is 4.79 Å². The molecule has 0 spiro atoms.